The third-order valence-corrected chi connectivity index (χ3v) is 5.30. The zero-order valence-electron chi connectivity index (χ0n) is 16.7. The lowest BCUT2D eigenvalue weighted by Crippen LogP contribution is -3.13. The van der Waals surface area contributed by atoms with Crippen molar-refractivity contribution >= 4 is 0 Å². The molecular weight excluding hydrogens is 346 g/mol. The van der Waals surface area contributed by atoms with E-state index in [1.807, 2.05) is 18.2 Å². The summed E-state index contributed by atoms with van der Waals surface area (Å²) < 4.78 is 11.1. The van der Waals surface area contributed by atoms with Crippen LogP contribution >= 0.6 is 0 Å². The minimum Gasteiger partial charge on any atom is -0.374 e. The molecule has 0 atom stereocenters. The van der Waals surface area contributed by atoms with Crippen molar-refractivity contribution in [2.45, 2.75) is 25.9 Å². The number of quaternary nitrogens is 1. The van der Waals surface area contributed by atoms with Crippen molar-refractivity contribution in [3.63, 3.8) is 0 Å². The van der Waals surface area contributed by atoms with Crippen molar-refractivity contribution < 1.29 is 14.4 Å². The number of likely N-dealkylation sites (tertiary alicyclic amines) is 1. The van der Waals surface area contributed by atoms with Crippen LogP contribution < -0.4 is 4.90 Å². The largest absolute Gasteiger partial charge is 0.374 e. The SMILES string of the molecule is C(#CC[NH+]1CCC(Cc2ccccc2)CC1)COCCOCc1ccccc1. The van der Waals surface area contributed by atoms with Crippen molar-refractivity contribution in [1.82, 2.24) is 0 Å². The maximum Gasteiger partial charge on any atom is 0.139 e. The minimum atomic E-state index is 0.499. The molecule has 1 N–H and O–H groups in total. The summed E-state index contributed by atoms with van der Waals surface area (Å²) in [6.07, 6.45) is 3.84. The van der Waals surface area contributed by atoms with Gasteiger partial charge in [-0.05, 0) is 42.2 Å². The summed E-state index contributed by atoms with van der Waals surface area (Å²) >= 11 is 0. The summed E-state index contributed by atoms with van der Waals surface area (Å²) in [7, 11) is 0. The molecule has 28 heavy (non-hydrogen) atoms. The molecule has 1 heterocycles. The van der Waals surface area contributed by atoms with Crippen molar-refractivity contribution in [2.75, 3.05) is 39.5 Å². The summed E-state index contributed by atoms with van der Waals surface area (Å²) in [4.78, 5) is 1.61. The molecule has 2 aromatic carbocycles. The van der Waals surface area contributed by atoms with Gasteiger partial charge in [0.15, 0.2) is 0 Å². The van der Waals surface area contributed by atoms with Crippen LogP contribution in [0, 0.1) is 17.8 Å². The average Bonchev–Trinajstić information content (AvgIpc) is 2.75. The fourth-order valence-corrected chi connectivity index (χ4v) is 3.66. The van der Waals surface area contributed by atoms with E-state index in [-0.39, 0.29) is 0 Å². The molecule has 0 unspecified atom stereocenters. The topological polar surface area (TPSA) is 22.9 Å². The Morgan fingerprint density at radius 2 is 1.43 bits per heavy atom. The number of benzene rings is 2. The lowest BCUT2D eigenvalue weighted by atomic mass is 9.90. The van der Waals surface area contributed by atoms with Crippen LogP contribution in [-0.2, 0) is 22.5 Å². The van der Waals surface area contributed by atoms with Gasteiger partial charge in [0, 0.05) is 0 Å². The molecule has 0 spiro atoms. The number of ether oxygens (including phenoxy) is 2. The second kappa shape index (κ2) is 12.4. The second-order valence-corrected chi connectivity index (χ2v) is 7.50. The van der Waals surface area contributed by atoms with Crippen LogP contribution in [0.15, 0.2) is 60.7 Å². The Balaban J connectivity index is 1.19. The van der Waals surface area contributed by atoms with Gasteiger partial charge in [0.2, 0.25) is 0 Å². The van der Waals surface area contributed by atoms with Gasteiger partial charge in [0.25, 0.3) is 0 Å². The number of piperidine rings is 1. The van der Waals surface area contributed by atoms with Gasteiger partial charge in [-0.1, -0.05) is 66.6 Å². The van der Waals surface area contributed by atoms with Gasteiger partial charge in [-0.15, -0.1) is 0 Å². The highest BCUT2D eigenvalue weighted by Gasteiger charge is 2.21. The summed E-state index contributed by atoms with van der Waals surface area (Å²) in [5, 5.41) is 0. The number of hydrogen-bond donors (Lipinski definition) is 1. The molecule has 1 saturated heterocycles. The molecule has 3 heteroatoms. The molecule has 3 nitrogen and oxygen atoms in total. The number of hydrogen-bond acceptors (Lipinski definition) is 2. The predicted molar refractivity (Wildman–Crippen MR) is 113 cm³/mol. The van der Waals surface area contributed by atoms with E-state index in [0.29, 0.717) is 26.4 Å². The first-order chi connectivity index (χ1) is 13.9. The minimum absolute atomic E-state index is 0.499. The summed E-state index contributed by atoms with van der Waals surface area (Å²) in [6.45, 7) is 5.75. The molecule has 0 amide bonds. The van der Waals surface area contributed by atoms with Gasteiger partial charge in [-0.3, -0.25) is 0 Å². The smallest absolute Gasteiger partial charge is 0.139 e. The van der Waals surface area contributed by atoms with Gasteiger partial charge in [-0.25, -0.2) is 0 Å². The lowest BCUT2D eigenvalue weighted by Gasteiger charge is -2.28. The van der Waals surface area contributed by atoms with Crippen molar-refractivity contribution in [1.29, 1.82) is 0 Å². The summed E-state index contributed by atoms with van der Waals surface area (Å²) in [5.74, 6) is 7.26. The summed E-state index contributed by atoms with van der Waals surface area (Å²) in [6, 6.07) is 21.1. The monoisotopic (exact) mass is 378 g/mol. The second-order valence-electron chi connectivity index (χ2n) is 7.50. The van der Waals surface area contributed by atoms with Gasteiger partial charge < -0.3 is 14.4 Å². The van der Waals surface area contributed by atoms with Crippen LogP contribution in [0.3, 0.4) is 0 Å². The molecule has 3 rings (SSSR count). The maximum atomic E-state index is 5.60. The summed E-state index contributed by atoms with van der Waals surface area (Å²) in [5.41, 5.74) is 2.67. The Labute approximate surface area is 169 Å². The Morgan fingerprint density at radius 1 is 0.786 bits per heavy atom. The molecule has 0 aliphatic carbocycles. The third-order valence-electron chi connectivity index (χ3n) is 5.30. The Morgan fingerprint density at radius 3 is 2.14 bits per heavy atom. The van der Waals surface area contributed by atoms with Crippen LogP contribution in [0.1, 0.15) is 24.0 Å². The Bertz CT molecular complexity index is 712. The van der Waals surface area contributed by atoms with Gasteiger partial charge in [-0.2, -0.15) is 0 Å². The van der Waals surface area contributed by atoms with E-state index in [9.17, 15) is 0 Å². The fraction of sp³-hybridized carbons (Fsp3) is 0.440. The molecule has 148 valence electrons. The zero-order valence-corrected chi connectivity index (χ0v) is 16.7. The predicted octanol–water partition coefficient (Wildman–Crippen LogP) is 2.76. The first-order valence-corrected chi connectivity index (χ1v) is 10.4. The van der Waals surface area contributed by atoms with Gasteiger partial charge in [0.1, 0.15) is 13.2 Å². The van der Waals surface area contributed by atoms with Gasteiger partial charge in [0.05, 0.1) is 32.9 Å². The molecule has 0 bridgehead atoms. The van der Waals surface area contributed by atoms with E-state index in [0.717, 1.165) is 12.5 Å². The average molecular weight is 379 g/mol. The standard InChI is InChI=1S/C25H31NO2/c1-3-9-23(10-4-1)21-24-13-16-26(17-14-24)15-7-8-18-27-19-20-28-22-25-11-5-2-6-12-25/h1-6,9-12,24H,13-22H2/p+1. The highest BCUT2D eigenvalue weighted by Crippen LogP contribution is 2.16. The van der Waals surface area contributed by atoms with E-state index in [1.165, 1.54) is 43.5 Å². The van der Waals surface area contributed by atoms with Crippen molar-refractivity contribution in [2.24, 2.45) is 5.92 Å². The van der Waals surface area contributed by atoms with E-state index in [4.69, 9.17) is 9.47 Å². The van der Waals surface area contributed by atoms with Crippen LogP contribution in [0.2, 0.25) is 0 Å². The Hall–Kier alpha value is -2.12. The maximum absolute atomic E-state index is 5.60. The molecule has 1 fully saturated rings. The van der Waals surface area contributed by atoms with E-state index >= 15 is 0 Å². The first kappa shape index (κ1) is 20.6. The highest BCUT2D eigenvalue weighted by atomic mass is 16.5. The third kappa shape index (κ3) is 7.86. The van der Waals surface area contributed by atoms with Crippen LogP contribution in [-0.4, -0.2) is 39.5 Å². The number of nitrogens with one attached hydrogen (secondary N) is 1. The van der Waals surface area contributed by atoms with Gasteiger partial charge >= 0.3 is 0 Å². The van der Waals surface area contributed by atoms with Crippen LogP contribution in [0.25, 0.3) is 0 Å². The highest BCUT2D eigenvalue weighted by molar-refractivity contribution is 5.15. The molecule has 1 aliphatic rings. The quantitative estimate of drug-likeness (QED) is 0.536. The first-order valence-electron chi connectivity index (χ1n) is 10.4. The molecule has 0 saturated carbocycles. The Kier molecular flexibility index (Phi) is 9.10. The molecule has 2 aromatic rings. The molecule has 0 radical (unpaired) electrons. The fourth-order valence-electron chi connectivity index (χ4n) is 3.66. The molecule has 1 aliphatic heterocycles. The molecule has 0 aromatic heterocycles. The van der Waals surface area contributed by atoms with Crippen LogP contribution in [0.5, 0.6) is 0 Å². The zero-order chi connectivity index (χ0) is 19.3. The van der Waals surface area contributed by atoms with Crippen molar-refractivity contribution in [3.8, 4) is 11.8 Å². The van der Waals surface area contributed by atoms with Crippen LogP contribution in [0.4, 0.5) is 0 Å². The van der Waals surface area contributed by atoms with E-state index in [1.54, 1.807) is 4.90 Å². The number of rotatable bonds is 9. The molecular formula is C25H32NO2+. The normalized spacial score (nSPS) is 19.0. The van der Waals surface area contributed by atoms with E-state index in [2.05, 4.69) is 54.3 Å². The van der Waals surface area contributed by atoms with E-state index < -0.39 is 0 Å². The van der Waals surface area contributed by atoms with Crippen molar-refractivity contribution in [3.05, 3.63) is 71.8 Å². The lowest BCUT2D eigenvalue weighted by molar-refractivity contribution is -0.899.